The van der Waals surface area contributed by atoms with Gasteiger partial charge in [-0.25, -0.2) is 4.79 Å². The van der Waals surface area contributed by atoms with Crippen molar-refractivity contribution in [1.29, 1.82) is 5.26 Å². The predicted molar refractivity (Wildman–Crippen MR) is 132 cm³/mol. The van der Waals surface area contributed by atoms with Gasteiger partial charge in [0.25, 0.3) is 0 Å². The molecular formula is C26H41N5O5. The summed E-state index contributed by atoms with van der Waals surface area (Å²) < 4.78 is 4.82. The molecule has 0 aromatic heterocycles. The molecule has 3 heterocycles. The van der Waals surface area contributed by atoms with E-state index >= 15 is 0 Å². The second kappa shape index (κ2) is 11.5. The highest BCUT2D eigenvalue weighted by Crippen LogP contribution is 2.36. The number of methoxy groups -OCH3 is 1. The monoisotopic (exact) mass is 503 g/mol. The minimum absolute atomic E-state index is 0.0369. The Labute approximate surface area is 213 Å². The Morgan fingerprint density at radius 2 is 1.86 bits per heavy atom. The molecule has 6 atom stereocenters. The highest BCUT2D eigenvalue weighted by molar-refractivity contribution is 5.93. The van der Waals surface area contributed by atoms with Gasteiger partial charge in [0, 0.05) is 18.5 Å². The van der Waals surface area contributed by atoms with Crippen LogP contribution in [0.25, 0.3) is 0 Å². The molecule has 3 aliphatic heterocycles. The summed E-state index contributed by atoms with van der Waals surface area (Å²) in [5, 5.41) is 18.4. The lowest BCUT2D eigenvalue weighted by Gasteiger charge is -2.38. The van der Waals surface area contributed by atoms with E-state index in [0.717, 1.165) is 19.3 Å². The lowest BCUT2D eigenvalue weighted by Crippen LogP contribution is -2.59. The van der Waals surface area contributed by atoms with Crippen LogP contribution in [0.2, 0.25) is 0 Å². The number of carbonyl (C=O) groups excluding carboxylic acids is 4. The van der Waals surface area contributed by atoms with E-state index in [2.05, 4.69) is 22.0 Å². The predicted octanol–water partition coefficient (Wildman–Crippen LogP) is 2.09. The Balaban J connectivity index is 1.97. The van der Waals surface area contributed by atoms with Crippen molar-refractivity contribution >= 4 is 23.8 Å². The molecule has 3 rings (SSSR count). The Kier molecular flexibility index (Phi) is 8.85. The number of rotatable bonds is 2. The van der Waals surface area contributed by atoms with Gasteiger partial charge in [-0.1, -0.05) is 40.5 Å². The first-order valence-corrected chi connectivity index (χ1v) is 13.1. The van der Waals surface area contributed by atoms with E-state index in [1.165, 1.54) is 7.11 Å². The van der Waals surface area contributed by atoms with Crippen LogP contribution in [0.1, 0.15) is 72.6 Å². The number of hydrogen-bond donors (Lipinski definition) is 3. The number of hydrogen-bond acceptors (Lipinski definition) is 6. The summed E-state index contributed by atoms with van der Waals surface area (Å²) in [6.07, 6.45) is 4.00. The lowest BCUT2D eigenvalue weighted by atomic mass is 9.78. The number of carbonyl (C=O) groups is 4. The number of fused-ring (bicyclic) bond motifs is 3. The van der Waals surface area contributed by atoms with Gasteiger partial charge in [-0.15, -0.1) is 0 Å². The SMILES string of the molecule is COC(=O)N[C@@H]1C(=O)N2CC[C@H](C(C)C)[C@H]2C(=O)N[C@H](C#N)CC2C[C@@H](CCCCC1(C)C)NC2=O. The van der Waals surface area contributed by atoms with Gasteiger partial charge in [0.1, 0.15) is 18.1 Å². The molecule has 0 saturated carbocycles. The zero-order chi connectivity index (χ0) is 26.6. The number of ether oxygens (including phenoxy) is 1. The molecule has 3 aliphatic rings. The van der Waals surface area contributed by atoms with Crippen LogP contribution in [0.3, 0.4) is 0 Å². The molecule has 3 N–H and O–H groups in total. The molecule has 3 saturated heterocycles. The van der Waals surface area contributed by atoms with Crippen LogP contribution in [0, 0.1) is 34.5 Å². The smallest absolute Gasteiger partial charge is 0.407 e. The van der Waals surface area contributed by atoms with Crippen molar-refractivity contribution in [2.24, 2.45) is 23.2 Å². The van der Waals surface area contributed by atoms with E-state index < -0.39 is 29.6 Å². The molecule has 0 aromatic carbocycles. The largest absolute Gasteiger partial charge is 0.453 e. The third-order valence-electron chi connectivity index (χ3n) is 8.23. The Morgan fingerprint density at radius 1 is 1.14 bits per heavy atom. The molecule has 1 unspecified atom stereocenters. The maximum absolute atomic E-state index is 14.0. The third-order valence-corrected chi connectivity index (χ3v) is 8.23. The first-order chi connectivity index (χ1) is 17.0. The first kappa shape index (κ1) is 27.8. The highest BCUT2D eigenvalue weighted by Gasteiger charge is 2.48. The van der Waals surface area contributed by atoms with Gasteiger partial charge in [0.15, 0.2) is 0 Å². The summed E-state index contributed by atoms with van der Waals surface area (Å²) in [7, 11) is 1.26. The van der Waals surface area contributed by atoms with Crippen molar-refractivity contribution in [2.75, 3.05) is 13.7 Å². The summed E-state index contributed by atoms with van der Waals surface area (Å²) in [6, 6.07) is -0.283. The van der Waals surface area contributed by atoms with Crippen LogP contribution in [-0.4, -0.2) is 66.5 Å². The molecule has 0 aromatic rings. The van der Waals surface area contributed by atoms with Crippen LogP contribution < -0.4 is 16.0 Å². The molecule has 36 heavy (non-hydrogen) atoms. The highest BCUT2D eigenvalue weighted by atomic mass is 16.5. The second-order valence-corrected chi connectivity index (χ2v) is 11.5. The quantitative estimate of drug-likeness (QED) is 0.527. The minimum Gasteiger partial charge on any atom is -0.453 e. The maximum atomic E-state index is 14.0. The number of nitrogens with one attached hydrogen (secondary N) is 3. The summed E-state index contributed by atoms with van der Waals surface area (Å²) in [5.74, 6) is -1.05. The Hall–Kier alpha value is -2.83. The van der Waals surface area contributed by atoms with Gasteiger partial charge in [-0.2, -0.15) is 5.26 Å². The zero-order valence-corrected chi connectivity index (χ0v) is 22.1. The average Bonchev–Trinajstić information content (AvgIpc) is 3.42. The van der Waals surface area contributed by atoms with Crippen LogP contribution >= 0.6 is 0 Å². The molecular weight excluding hydrogens is 462 g/mol. The van der Waals surface area contributed by atoms with Crippen molar-refractivity contribution in [3.8, 4) is 6.07 Å². The van der Waals surface area contributed by atoms with E-state index in [0.29, 0.717) is 25.8 Å². The first-order valence-electron chi connectivity index (χ1n) is 13.1. The summed E-state index contributed by atoms with van der Waals surface area (Å²) in [4.78, 5) is 53.9. The van der Waals surface area contributed by atoms with Gasteiger partial charge in [0.05, 0.1) is 13.2 Å². The standard InChI is InChI=1S/C26H41N5O5/c1-15(2)19-9-11-31-20(19)23(33)29-18(14-27)13-16-12-17(28-22(16)32)8-6-7-10-26(3,4)21(24(31)34)30-25(35)36-5/h15-21H,6-13H2,1-5H3,(H,28,32)(H,29,33)(H,30,35)/t16?,17-,18+,19-,20+,21-/m1/s1. The second-order valence-electron chi connectivity index (χ2n) is 11.5. The van der Waals surface area contributed by atoms with E-state index in [1.54, 1.807) is 4.90 Å². The molecule has 0 aliphatic carbocycles. The number of amides is 4. The fraction of sp³-hybridized carbons (Fsp3) is 0.808. The van der Waals surface area contributed by atoms with Crippen molar-refractivity contribution < 1.29 is 23.9 Å². The van der Waals surface area contributed by atoms with Gasteiger partial charge in [0.2, 0.25) is 17.7 Å². The maximum Gasteiger partial charge on any atom is 0.407 e. The van der Waals surface area contributed by atoms with E-state index in [-0.39, 0.29) is 47.9 Å². The lowest BCUT2D eigenvalue weighted by molar-refractivity contribution is -0.143. The number of nitrogens with zero attached hydrogens (tertiary/aromatic N) is 2. The van der Waals surface area contributed by atoms with Crippen molar-refractivity contribution in [3.05, 3.63) is 0 Å². The molecule has 10 nitrogen and oxygen atoms in total. The molecule has 10 heteroatoms. The van der Waals surface area contributed by atoms with Gasteiger partial charge >= 0.3 is 6.09 Å². The fourth-order valence-corrected chi connectivity index (χ4v) is 6.05. The van der Waals surface area contributed by atoms with Crippen LogP contribution in [0.15, 0.2) is 0 Å². The summed E-state index contributed by atoms with van der Waals surface area (Å²) in [6.45, 7) is 8.31. The van der Waals surface area contributed by atoms with Crippen LogP contribution in [0.4, 0.5) is 4.79 Å². The zero-order valence-electron chi connectivity index (χ0n) is 22.1. The van der Waals surface area contributed by atoms with Crippen molar-refractivity contribution in [1.82, 2.24) is 20.9 Å². The summed E-state index contributed by atoms with van der Waals surface area (Å²) >= 11 is 0. The third kappa shape index (κ3) is 6.11. The summed E-state index contributed by atoms with van der Waals surface area (Å²) in [5.41, 5.74) is -0.601. The topological polar surface area (TPSA) is 141 Å². The van der Waals surface area contributed by atoms with Crippen LogP contribution in [-0.2, 0) is 19.1 Å². The van der Waals surface area contributed by atoms with Crippen molar-refractivity contribution in [2.45, 2.75) is 96.8 Å². The molecule has 3 fully saturated rings. The van der Waals surface area contributed by atoms with Crippen molar-refractivity contribution in [3.63, 3.8) is 0 Å². The van der Waals surface area contributed by atoms with Crippen LogP contribution in [0.5, 0.6) is 0 Å². The molecule has 200 valence electrons. The van der Waals surface area contributed by atoms with Gasteiger partial charge in [-0.05, 0) is 49.4 Å². The van der Waals surface area contributed by atoms with Gasteiger partial charge < -0.3 is 25.6 Å². The number of nitriles is 1. The normalized spacial score (nSPS) is 33.4. The van der Waals surface area contributed by atoms with E-state index in [1.807, 2.05) is 27.7 Å². The van der Waals surface area contributed by atoms with E-state index in [9.17, 15) is 24.4 Å². The molecule has 0 spiro atoms. The van der Waals surface area contributed by atoms with E-state index in [4.69, 9.17) is 4.74 Å². The minimum atomic E-state index is -0.874. The molecule has 2 bridgehead atoms. The Morgan fingerprint density at radius 3 is 2.50 bits per heavy atom. The average molecular weight is 504 g/mol. The Bertz CT molecular complexity index is 898. The fourth-order valence-electron chi connectivity index (χ4n) is 6.05. The molecule has 4 amide bonds. The van der Waals surface area contributed by atoms with Gasteiger partial charge in [-0.3, -0.25) is 14.4 Å². The number of alkyl carbamates (subject to hydrolysis) is 1. The molecule has 0 radical (unpaired) electrons.